The van der Waals surface area contributed by atoms with Crippen molar-refractivity contribution in [1.82, 2.24) is 0 Å². The van der Waals surface area contributed by atoms with Crippen molar-refractivity contribution >= 4 is 23.4 Å². The maximum Gasteiger partial charge on any atom is 0.0840 e. The second-order valence-corrected chi connectivity index (χ2v) is 6.99. The molecule has 0 heterocycles. The van der Waals surface area contributed by atoms with Crippen molar-refractivity contribution in [3.8, 4) is 0 Å². The van der Waals surface area contributed by atoms with Crippen molar-refractivity contribution in [1.29, 1.82) is 0 Å². The number of alkyl halides is 1. The summed E-state index contributed by atoms with van der Waals surface area (Å²) in [5.41, 5.74) is 9.20. The number of rotatable bonds is 3. The van der Waals surface area contributed by atoms with Gasteiger partial charge in [-0.15, -0.1) is 23.4 Å². The molecule has 0 nitrogen and oxygen atoms in total. The van der Waals surface area contributed by atoms with Crippen molar-refractivity contribution < 1.29 is 0 Å². The molecule has 0 aliphatic carbocycles. The molecule has 0 N–H and O–H groups in total. The first kappa shape index (κ1) is 16.5. The highest BCUT2D eigenvalue weighted by Crippen LogP contribution is 2.37. The summed E-state index contributed by atoms with van der Waals surface area (Å²) in [5, 5.41) is -0.0843. The lowest BCUT2D eigenvalue weighted by Gasteiger charge is -2.22. The summed E-state index contributed by atoms with van der Waals surface area (Å²) in [6, 6.07) is 8.59. The minimum Gasteiger partial charge on any atom is -0.130 e. The number of hydrogen-bond donors (Lipinski definition) is 0. The molecule has 112 valence electrons. The van der Waals surface area contributed by atoms with Gasteiger partial charge in [0.25, 0.3) is 0 Å². The molecule has 1 atom stereocenters. The van der Waals surface area contributed by atoms with E-state index >= 15 is 0 Å². The van der Waals surface area contributed by atoms with Gasteiger partial charge < -0.3 is 0 Å². The molecule has 1 unspecified atom stereocenters. The number of thioether (sulfide) groups is 1. The van der Waals surface area contributed by atoms with Gasteiger partial charge in [0, 0.05) is 4.90 Å². The molecular weight excluding hydrogens is 296 g/mol. The van der Waals surface area contributed by atoms with Crippen molar-refractivity contribution in [2.75, 3.05) is 6.26 Å². The monoisotopic (exact) mass is 318 g/mol. The Bertz CT molecular complexity index is 627. The summed E-state index contributed by atoms with van der Waals surface area (Å²) in [6.45, 7) is 11.0. The highest BCUT2D eigenvalue weighted by Gasteiger charge is 2.20. The van der Waals surface area contributed by atoms with Gasteiger partial charge in [0.1, 0.15) is 0 Å². The third-order valence-electron chi connectivity index (χ3n) is 4.72. The maximum atomic E-state index is 6.83. The van der Waals surface area contributed by atoms with Crippen LogP contribution in [0, 0.1) is 34.6 Å². The van der Waals surface area contributed by atoms with E-state index < -0.39 is 0 Å². The molecule has 0 aliphatic heterocycles. The molecule has 2 rings (SSSR count). The Labute approximate surface area is 137 Å². The van der Waals surface area contributed by atoms with Gasteiger partial charge >= 0.3 is 0 Å². The van der Waals surface area contributed by atoms with E-state index in [4.69, 9.17) is 11.6 Å². The van der Waals surface area contributed by atoms with Gasteiger partial charge in [-0.1, -0.05) is 12.1 Å². The molecule has 0 aromatic heterocycles. The zero-order valence-corrected chi connectivity index (χ0v) is 15.2. The Morgan fingerprint density at radius 3 is 1.62 bits per heavy atom. The van der Waals surface area contributed by atoms with Gasteiger partial charge in [0.15, 0.2) is 0 Å². The first-order valence-electron chi connectivity index (χ1n) is 7.23. The van der Waals surface area contributed by atoms with E-state index in [-0.39, 0.29) is 5.38 Å². The number of halogens is 1. The van der Waals surface area contributed by atoms with Crippen LogP contribution in [-0.4, -0.2) is 6.26 Å². The van der Waals surface area contributed by atoms with Crippen LogP contribution in [-0.2, 0) is 0 Å². The fourth-order valence-corrected chi connectivity index (χ4v) is 3.73. The van der Waals surface area contributed by atoms with E-state index in [2.05, 4.69) is 65.1 Å². The zero-order chi connectivity index (χ0) is 15.7. The fourth-order valence-electron chi connectivity index (χ4n) is 2.85. The molecule has 0 spiro atoms. The van der Waals surface area contributed by atoms with Gasteiger partial charge in [-0.05, 0) is 92.0 Å². The summed E-state index contributed by atoms with van der Waals surface area (Å²) in [6.07, 6.45) is 2.09. The summed E-state index contributed by atoms with van der Waals surface area (Å²) in [5.74, 6) is 0. The van der Waals surface area contributed by atoms with E-state index in [1.807, 2.05) is 0 Å². The molecule has 0 bridgehead atoms. The smallest absolute Gasteiger partial charge is 0.0840 e. The number of hydrogen-bond acceptors (Lipinski definition) is 1. The Hall–Kier alpha value is -0.920. The second-order valence-electron chi connectivity index (χ2n) is 5.67. The van der Waals surface area contributed by atoms with Crippen LogP contribution < -0.4 is 0 Å². The molecule has 0 radical (unpaired) electrons. The Balaban J connectivity index is 2.55. The van der Waals surface area contributed by atoms with E-state index in [0.717, 1.165) is 0 Å². The number of benzene rings is 2. The van der Waals surface area contributed by atoms with Gasteiger partial charge in [-0.2, -0.15) is 0 Å². The van der Waals surface area contributed by atoms with Crippen molar-refractivity contribution in [3.05, 3.63) is 63.2 Å². The van der Waals surface area contributed by atoms with Gasteiger partial charge in [0.2, 0.25) is 0 Å². The molecule has 2 aromatic rings. The highest BCUT2D eigenvalue weighted by atomic mass is 35.5. The van der Waals surface area contributed by atoms with Crippen LogP contribution in [0.3, 0.4) is 0 Å². The summed E-state index contributed by atoms with van der Waals surface area (Å²) >= 11 is 8.58. The SMILES string of the molecule is CSc1ccc(C(Cl)c2c(C)c(C)c(C)c(C)c2C)cc1. The normalized spacial score (nSPS) is 12.5. The first-order chi connectivity index (χ1) is 9.88. The lowest BCUT2D eigenvalue weighted by Crippen LogP contribution is -2.06. The van der Waals surface area contributed by atoms with Crippen LogP contribution in [0.25, 0.3) is 0 Å². The molecule has 2 aromatic carbocycles. The van der Waals surface area contributed by atoms with Crippen molar-refractivity contribution in [2.45, 2.75) is 44.9 Å². The van der Waals surface area contributed by atoms with Crippen LogP contribution in [0.1, 0.15) is 44.3 Å². The Morgan fingerprint density at radius 1 is 0.762 bits per heavy atom. The molecule has 2 heteroatoms. The average Bonchev–Trinajstić information content (AvgIpc) is 2.51. The van der Waals surface area contributed by atoms with Crippen LogP contribution in [0.2, 0.25) is 0 Å². The van der Waals surface area contributed by atoms with E-state index in [9.17, 15) is 0 Å². The lowest BCUT2D eigenvalue weighted by molar-refractivity contribution is 1.03. The Morgan fingerprint density at radius 2 is 1.19 bits per heavy atom. The summed E-state index contributed by atoms with van der Waals surface area (Å²) in [4.78, 5) is 1.27. The van der Waals surface area contributed by atoms with Crippen LogP contribution in [0.5, 0.6) is 0 Å². The van der Waals surface area contributed by atoms with Crippen molar-refractivity contribution in [3.63, 3.8) is 0 Å². The van der Waals surface area contributed by atoms with E-state index in [1.165, 1.54) is 43.8 Å². The summed E-state index contributed by atoms with van der Waals surface area (Å²) < 4.78 is 0. The molecule has 0 amide bonds. The molecule has 0 aliphatic rings. The zero-order valence-electron chi connectivity index (χ0n) is 13.7. The van der Waals surface area contributed by atoms with Gasteiger partial charge in [0.05, 0.1) is 5.38 Å². The third kappa shape index (κ3) is 3.00. The topological polar surface area (TPSA) is 0 Å². The predicted molar refractivity (Wildman–Crippen MR) is 96.0 cm³/mol. The Kier molecular flexibility index (Phi) is 5.06. The standard InChI is InChI=1S/C19H23ClS/c1-11-12(2)14(4)18(15(5)13(11)3)19(20)16-7-9-17(21-6)10-8-16/h7-10,19H,1-6H3. The van der Waals surface area contributed by atoms with Gasteiger partial charge in [-0.3, -0.25) is 0 Å². The van der Waals surface area contributed by atoms with Crippen LogP contribution >= 0.6 is 23.4 Å². The fraction of sp³-hybridized carbons (Fsp3) is 0.368. The molecule has 0 saturated heterocycles. The lowest BCUT2D eigenvalue weighted by atomic mass is 9.86. The van der Waals surface area contributed by atoms with Gasteiger partial charge in [-0.25, -0.2) is 0 Å². The quantitative estimate of drug-likeness (QED) is 0.474. The van der Waals surface area contributed by atoms with E-state index in [0.29, 0.717) is 0 Å². The third-order valence-corrected chi connectivity index (χ3v) is 5.93. The largest absolute Gasteiger partial charge is 0.130 e. The first-order valence-corrected chi connectivity index (χ1v) is 8.89. The molecule has 21 heavy (non-hydrogen) atoms. The second kappa shape index (κ2) is 6.46. The summed E-state index contributed by atoms with van der Waals surface area (Å²) in [7, 11) is 0. The van der Waals surface area contributed by atoms with Crippen LogP contribution in [0.15, 0.2) is 29.2 Å². The van der Waals surface area contributed by atoms with Crippen LogP contribution in [0.4, 0.5) is 0 Å². The molecular formula is C19H23ClS. The highest BCUT2D eigenvalue weighted by molar-refractivity contribution is 7.98. The molecule has 0 fully saturated rings. The average molecular weight is 319 g/mol. The predicted octanol–water partition coefficient (Wildman–Crippen LogP) is 6.28. The van der Waals surface area contributed by atoms with E-state index in [1.54, 1.807) is 11.8 Å². The van der Waals surface area contributed by atoms with Crippen molar-refractivity contribution in [2.24, 2.45) is 0 Å². The maximum absolute atomic E-state index is 6.83. The molecule has 0 saturated carbocycles. The minimum atomic E-state index is -0.0843. The minimum absolute atomic E-state index is 0.0843.